The highest BCUT2D eigenvalue weighted by atomic mass is 32.1. The molecule has 1 N–H and O–H groups in total. The van der Waals surface area contributed by atoms with Crippen LogP contribution >= 0.6 is 11.3 Å². The molecular formula is C23H22N2O5S. The number of aromatic nitrogens is 1. The second-order valence-corrected chi connectivity index (χ2v) is 8.20. The lowest BCUT2D eigenvalue weighted by Crippen LogP contribution is -2.32. The molecule has 1 aliphatic heterocycles. The molecule has 7 nitrogen and oxygen atoms in total. The molecule has 0 saturated carbocycles. The fraction of sp³-hybridized carbons (Fsp3) is 0.261. The molecule has 0 aliphatic carbocycles. The van der Waals surface area contributed by atoms with Gasteiger partial charge in [-0.05, 0) is 19.9 Å². The van der Waals surface area contributed by atoms with Gasteiger partial charge in [0, 0.05) is 27.5 Å². The molecule has 3 heterocycles. The molecule has 0 unspecified atom stereocenters. The van der Waals surface area contributed by atoms with Crippen LogP contribution in [0.1, 0.15) is 25.5 Å². The second-order valence-electron chi connectivity index (χ2n) is 7.14. The Hall–Kier alpha value is -3.39. The number of carbonyl (C=O) groups excluding carboxylic acids is 2. The fourth-order valence-electron chi connectivity index (χ4n) is 4.02. The van der Waals surface area contributed by atoms with Crippen LogP contribution < -0.4 is 10.1 Å². The number of thiophene rings is 1. The number of esters is 2. The van der Waals surface area contributed by atoms with Crippen molar-refractivity contribution in [1.29, 1.82) is 0 Å². The summed E-state index contributed by atoms with van der Waals surface area (Å²) in [6, 6.07) is 9.73. The van der Waals surface area contributed by atoms with Crippen molar-refractivity contribution >= 4 is 43.6 Å². The number of fused-ring (bicyclic) bond motifs is 3. The summed E-state index contributed by atoms with van der Waals surface area (Å²) >= 11 is 1.59. The number of benzene rings is 1. The SMILES string of the molecule is COC(=O)C1=C(C)NC(C)=C(C(=O)OC)C1c1cc(OC)c2sc3ccccc3c2n1. The number of allylic oxidation sites excluding steroid dienone is 2. The lowest BCUT2D eigenvalue weighted by Gasteiger charge is -2.29. The monoisotopic (exact) mass is 438 g/mol. The molecule has 0 atom stereocenters. The van der Waals surface area contributed by atoms with Crippen LogP contribution in [0.25, 0.3) is 20.3 Å². The maximum Gasteiger partial charge on any atom is 0.336 e. The highest BCUT2D eigenvalue weighted by Gasteiger charge is 2.39. The molecule has 0 radical (unpaired) electrons. The average Bonchev–Trinajstić information content (AvgIpc) is 3.15. The quantitative estimate of drug-likeness (QED) is 0.615. The first-order valence-electron chi connectivity index (χ1n) is 9.62. The summed E-state index contributed by atoms with van der Waals surface area (Å²) in [7, 11) is 4.22. The van der Waals surface area contributed by atoms with E-state index in [4.69, 9.17) is 19.2 Å². The summed E-state index contributed by atoms with van der Waals surface area (Å²) < 4.78 is 17.7. The number of hydrogen-bond donors (Lipinski definition) is 1. The minimum atomic E-state index is -0.766. The number of methoxy groups -OCH3 is 3. The van der Waals surface area contributed by atoms with E-state index in [1.54, 1.807) is 38.4 Å². The average molecular weight is 439 g/mol. The van der Waals surface area contributed by atoms with Crippen molar-refractivity contribution < 1.29 is 23.8 Å². The van der Waals surface area contributed by atoms with Gasteiger partial charge in [-0.15, -0.1) is 11.3 Å². The van der Waals surface area contributed by atoms with E-state index in [1.165, 1.54) is 14.2 Å². The highest BCUT2D eigenvalue weighted by Crippen LogP contribution is 2.44. The number of hydrogen-bond acceptors (Lipinski definition) is 8. The van der Waals surface area contributed by atoms with Crippen LogP contribution in [0.5, 0.6) is 5.75 Å². The Balaban J connectivity index is 2.05. The number of nitrogens with zero attached hydrogens (tertiary/aromatic N) is 1. The van der Waals surface area contributed by atoms with Crippen LogP contribution in [-0.2, 0) is 19.1 Å². The number of ether oxygens (including phenoxy) is 3. The van der Waals surface area contributed by atoms with E-state index >= 15 is 0 Å². The number of pyridine rings is 1. The van der Waals surface area contributed by atoms with Gasteiger partial charge < -0.3 is 19.5 Å². The van der Waals surface area contributed by atoms with Gasteiger partial charge in [-0.2, -0.15) is 0 Å². The molecule has 31 heavy (non-hydrogen) atoms. The molecule has 8 heteroatoms. The van der Waals surface area contributed by atoms with Gasteiger partial charge in [0.25, 0.3) is 0 Å². The van der Waals surface area contributed by atoms with Crippen molar-refractivity contribution in [3.05, 3.63) is 58.6 Å². The zero-order valence-electron chi connectivity index (χ0n) is 17.9. The Labute approximate surface area is 183 Å². The van der Waals surface area contributed by atoms with E-state index in [9.17, 15) is 9.59 Å². The normalized spacial score (nSPS) is 14.7. The third-order valence-electron chi connectivity index (χ3n) is 5.40. The molecule has 2 aromatic heterocycles. The maximum absolute atomic E-state index is 12.8. The zero-order valence-corrected chi connectivity index (χ0v) is 18.7. The molecular weight excluding hydrogens is 416 g/mol. The summed E-state index contributed by atoms with van der Waals surface area (Å²) in [6.45, 7) is 3.54. The summed E-state index contributed by atoms with van der Waals surface area (Å²) in [5.74, 6) is -1.22. The first kappa shape index (κ1) is 20.9. The van der Waals surface area contributed by atoms with Crippen molar-refractivity contribution in [2.45, 2.75) is 19.8 Å². The van der Waals surface area contributed by atoms with Crippen LogP contribution in [0.4, 0.5) is 0 Å². The third-order valence-corrected chi connectivity index (χ3v) is 6.57. The summed E-state index contributed by atoms with van der Waals surface area (Å²) in [5.41, 5.74) is 3.08. The van der Waals surface area contributed by atoms with Gasteiger partial charge in [-0.3, -0.25) is 0 Å². The Morgan fingerprint density at radius 3 is 2.19 bits per heavy atom. The van der Waals surface area contributed by atoms with Gasteiger partial charge in [0.1, 0.15) is 5.75 Å². The minimum Gasteiger partial charge on any atom is -0.495 e. The fourth-order valence-corrected chi connectivity index (χ4v) is 5.16. The second kappa shape index (κ2) is 8.03. The third kappa shape index (κ3) is 3.33. The van der Waals surface area contributed by atoms with Crippen molar-refractivity contribution in [2.24, 2.45) is 0 Å². The van der Waals surface area contributed by atoms with Crippen molar-refractivity contribution in [3.8, 4) is 5.75 Å². The number of carbonyl (C=O) groups is 2. The Kier molecular flexibility index (Phi) is 5.41. The molecule has 1 aromatic carbocycles. The molecule has 0 fully saturated rings. The van der Waals surface area contributed by atoms with E-state index < -0.39 is 17.9 Å². The largest absolute Gasteiger partial charge is 0.495 e. The Morgan fingerprint density at radius 1 is 1.00 bits per heavy atom. The predicted molar refractivity (Wildman–Crippen MR) is 119 cm³/mol. The molecule has 0 amide bonds. The highest BCUT2D eigenvalue weighted by molar-refractivity contribution is 7.26. The summed E-state index contributed by atoms with van der Waals surface area (Å²) in [4.78, 5) is 30.4. The van der Waals surface area contributed by atoms with E-state index in [-0.39, 0.29) is 0 Å². The van der Waals surface area contributed by atoms with Crippen LogP contribution in [0, 0.1) is 0 Å². The number of rotatable bonds is 4. The maximum atomic E-state index is 12.8. The number of nitrogens with one attached hydrogen (secondary N) is 1. The molecule has 160 valence electrons. The molecule has 0 bridgehead atoms. The van der Waals surface area contributed by atoms with Gasteiger partial charge in [0.15, 0.2) is 0 Å². The lowest BCUT2D eigenvalue weighted by atomic mass is 9.82. The summed E-state index contributed by atoms with van der Waals surface area (Å²) in [6.07, 6.45) is 0. The first-order chi connectivity index (χ1) is 14.9. The van der Waals surface area contributed by atoms with E-state index in [0.717, 1.165) is 20.3 Å². The lowest BCUT2D eigenvalue weighted by molar-refractivity contribution is -0.137. The topological polar surface area (TPSA) is 86.8 Å². The smallest absolute Gasteiger partial charge is 0.336 e. The molecule has 1 aliphatic rings. The molecule has 0 saturated heterocycles. The van der Waals surface area contributed by atoms with E-state index in [2.05, 4.69) is 5.32 Å². The Morgan fingerprint density at radius 2 is 1.61 bits per heavy atom. The Bertz CT molecular complexity index is 1250. The van der Waals surface area contributed by atoms with Crippen LogP contribution in [0.2, 0.25) is 0 Å². The molecule has 3 aromatic rings. The standard InChI is InChI=1S/C23H22N2O5S/c1-11-17(22(26)29-4)19(18(12(2)24-11)23(27)30-5)14-10-15(28-3)21-20(25-14)13-8-6-7-9-16(13)31-21/h6-10,19,24H,1-5H3. The van der Waals surface area contributed by atoms with Gasteiger partial charge in [-0.25, -0.2) is 14.6 Å². The van der Waals surface area contributed by atoms with E-state index in [1.807, 2.05) is 24.3 Å². The van der Waals surface area contributed by atoms with Gasteiger partial charge in [0.2, 0.25) is 0 Å². The molecule has 0 spiro atoms. The van der Waals surface area contributed by atoms with Crippen LogP contribution in [0.15, 0.2) is 52.9 Å². The van der Waals surface area contributed by atoms with Gasteiger partial charge >= 0.3 is 11.9 Å². The predicted octanol–water partition coefficient (Wildman–Crippen LogP) is 4.04. The van der Waals surface area contributed by atoms with Crippen molar-refractivity contribution in [1.82, 2.24) is 10.3 Å². The van der Waals surface area contributed by atoms with Crippen molar-refractivity contribution in [2.75, 3.05) is 21.3 Å². The zero-order chi connectivity index (χ0) is 22.3. The first-order valence-corrected chi connectivity index (χ1v) is 10.4. The number of dihydropyridines is 1. The van der Waals surface area contributed by atoms with Gasteiger partial charge in [0.05, 0.1) is 54.3 Å². The van der Waals surface area contributed by atoms with Crippen LogP contribution in [-0.4, -0.2) is 38.3 Å². The minimum absolute atomic E-state index is 0.307. The van der Waals surface area contributed by atoms with E-state index in [0.29, 0.717) is 34.0 Å². The van der Waals surface area contributed by atoms with Crippen LogP contribution in [0.3, 0.4) is 0 Å². The van der Waals surface area contributed by atoms with Crippen molar-refractivity contribution in [3.63, 3.8) is 0 Å². The summed E-state index contributed by atoms with van der Waals surface area (Å²) in [5, 5.41) is 4.08. The molecule has 4 rings (SSSR count). The van der Waals surface area contributed by atoms with Gasteiger partial charge in [-0.1, -0.05) is 18.2 Å².